The molecule has 0 aliphatic rings. The number of oxazole rings is 1. The predicted molar refractivity (Wildman–Crippen MR) is 126 cm³/mol. The summed E-state index contributed by atoms with van der Waals surface area (Å²) in [7, 11) is 0. The van der Waals surface area contributed by atoms with Crippen LogP contribution >= 0.6 is 31.9 Å². The Balaban J connectivity index is 1.49. The summed E-state index contributed by atoms with van der Waals surface area (Å²) in [5, 5.41) is 20.1. The Hall–Kier alpha value is -3.17. The van der Waals surface area contributed by atoms with Gasteiger partial charge in [-0.3, -0.25) is 4.99 Å². The molecular formula is C22H14Br2N4O3. The second-order valence-corrected chi connectivity index (χ2v) is 8.57. The van der Waals surface area contributed by atoms with Crippen molar-refractivity contribution in [3.63, 3.8) is 0 Å². The summed E-state index contributed by atoms with van der Waals surface area (Å²) in [6.07, 6.45) is 1.53. The molecule has 154 valence electrons. The zero-order valence-electron chi connectivity index (χ0n) is 16.0. The number of halogens is 2. The fourth-order valence-corrected chi connectivity index (χ4v) is 4.41. The zero-order chi connectivity index (χ0) is 21.7. The smallest absolute Gasteiger partial charge is 0.192 e. The van der Waals surface area contributed by atoms with E-state index in [9.17, 15) is 10.2 Å². The molecule has 3 aromatic carbocycles. The molecule has 3 N–H and O–H groups in total. The van der Waals surface area contributed by atoms with Gasteiger partial charge in [0.25, 0.3) is 0 Å². The number of benzene rings is 3. The molecule has 0 bridgehead atoms. The van der Waals surface area contributed by atoms with Crippen LogP contribution in [0.5, 0.6) is 11.5 Å². The largest absolute Gasteiger partial charge is 0.506 e. The van der Waals surface area contributed by atoms with Crippen molar-refractivity contribution < 1.29 is 14.6 Å². The Morgan fingerprint density at radius 2 is 1.84 bits per heavy atom. The molecule has 0 saturated heterocycles. The van der Waals surface area contributed by atoms with Crippen molar-refractivity contribution in [2.75, 3.05) is 0 Å². The van der Waals surface area contributed by atoms with Crippen molar-refractivity contribution in [3.8, 4) is 22.9 Å². The normalized spacial score (nSPS) is 11.8. The van der Waals surface area contributed by atoms with Gasteiger partial charge in [0.05, 0.1) is 21.2 Å². The number of fused-ring (bicyclic) bond motifs is 2. The average molecular weight is 542 g/mol. The van der Waals surface area contributed by atoms with Crippen LogP contribution in [0.1, 0.15) is 11.5 Å². The van der Waals surface area contributed by atoms with E-state index in [0.717, 1.165) is 27.9 Å². The molecule has 2 heterocycles. The Labute approximate surface area is 192 Å². The second kappa shape index (κ2) is 7.51. The van der Waals surface area contributed by atoms with Crippen LogP contribution < -0.4 is 0 Å². The molecule has 5 aromatic rings. The Morgan fingerprint density at radius 3 is 2.68 bits per heavy atom. The summed E-state index contributed by atoms with van der Waals surface area (Å²) in [5.41, 5.74) is 5.18. The van der Waals surface area contributed by atoms with E-state index >= 15 is 0 Å². The number of H-pyrrole nitrogens is 1. The number of imidazole rings is 1. The lowest BCUT2D eigenvalue weighted by molar-refractivity contribution is 0.442. The number of hydrogen-bond acceptors (Lipinski definition) is 6. The van der Waals surface area contributed by atoms with Crippen molar-refractivity contribution in [1.29, 1.82) is 0 Å². The minimum Gasteiger partial charge on any atom is -0.506 e. The van der Waals surface area contributed by atoms with Crippen molar-refractivity contribution >= 4 is 65.9 Å². The van der Waals surface area contributed by atoms with Crippen LogP contribution in [0.15, 0.2) is 60.8 Å². The molecule has 5 rings (SSSR count). The standard InChI is InChI=1S/C22H14Br2N4O3/c1-10-26-16-4-2-11(7-18(16)31-10)22-27-15-5-3-13(8-17(15)28-22)25-9-12-6-14(23)21(30)19(24)20(12)29/h2-9,29-30H,1H3,(H,27,28)/b25-9+. The van der Waals surface area contributed by atoms with E-state index in [-0.39, 0.29) is 16.0 Å². The molecule has 2 aromatic heterocycles. The SMILES string of the molecule is Cc1nc2ccc(-c3nc4cc(/N=C/c5cc(Br)c(O)c(Br)c5O)ccc4[nH]3)cc2o1. The van der Waals surface area contributed by atoms with Gasteiger partial charge in [-0.1, -0.05) is 0 Å². The van der Waals surface area contributed by atoms with E-state index in [2.05, 4.69) is 51.8 Å². The number of aryl methyl sites for hydroxylation is 1. The van der Waals surface area contributed by atoms with Crippen LogP contribution in [0.2, 0.25) is 0 Å². The van der Waals surface area contributed by atoms with Gasteiger partial charge in [-0.15, -0.1) is 0 Å². The van der Waals surface area contributed by atoms with Crippen LogP contribution in [-0.2, 0) is 0 Å². The first-order chi connectivity index (χ1) is 14.9. The van der Waals surface area contributed by atoms with E-state index in [4.69, 9.17) is 4.42 Å². The molecule has 0 spiro atoms. The van der Waals surface area contributed by atoms with E-state index < -0.39 is 0 Å². The maximum atomic E-state index is 10.2. The lowest BCUT2D eigenvalue weighted by atomic mass is 10.2. The van der Waals surface area contributed by atoms with E-state index in [0.29, 0.717) is 27.2 Å². The summed E-state index contributed by atoms with van der Waals surface area (Å²) >= 11 is 6.42. The number of phenols is 2. The number of aromatic nitrogens is 3. The summed E-state index contributed by atoms with van der Waals surface area (Å²) in [4.78, 5) is 16.7. The molecule has 0 saturated carbocycles. The third kappa shape index (κ3) is 3.60. The topological polar surface area (TPSA) is 108 Å². The van der Waals surface area contributed by atoms with Crippen LogP contribution in [0, 0.1) is 6.92 Å². The van der Waals surface area contributed by atoms with Crippen LogP contribution in [-0.4, -0.2) is 31.4 Å². The van der Waals surface area contributed by atoms with Crippen molar-refractivity contribution in [1.82, 2.24) is 15.0 Å². The fourth-order valence-electron chi connectivity index (χ4n) is 3.26. The first-order valence-electron chi connectivity index (χ1n) is 9.20. The van der Waals surface area contributed by atoms with E-state index in [1.165, 1.54) is 6.21 Å². The fraction of sp³-hybridized carbons (Fsp3) is 0.0455. The van der Waals surface area contributed by atoms with Gasteiger partial charge in [-0.2, -0.15) is 0 Å². The van der Waals surface area contributed by atoms with Gasteiger partial charge >= 0.3 is 0 Å². The van der Waals surface area contributed by atoms with Crippen LogP contribution in [0.25, 0.3) is 33.5 Å². The summed E-state index contributed by atoms with van der Waals surface area (Å²) in [6, 6.07) is 13.0. The summed E-state index contributed by atoms with van der Waals surface area (Å²) < 4.78 is 6.27. The van der Waals surface area contributed by atoms with Gasteiger partial charge in [-0.05, 0) is 74.3 Å². The molecule has 0 radical (unpaired) electrons. The quantitative estimate of drug-likeness (QED) is 0.230. The highest BCUT2D eigenvalue weighted by Gasteiger charge is 2.13. The first kappa shape index (κ1) is 19.8. The third-order valence-corrected chi connectivity index (χ3v) is 6.14. The lowest BCUT2D eigenvalue weighted by Gasteiger charge is -2.06. The molecular weight excluding hydrogens is 528 g/mol. The molecule has 0 aliphatic carbocycles. The molecule has 0 amide bonds. The summed E-state index contributed by atoms with van der Waals surface area (Å²) in [5.74, 6) is 1.18. The number of rotatable bonds is 3. The number of aromatic hydroxyl groups is 2. The highest BCUT2D eigenvalue weighted by molar-refractivity contribution is 9.11. The maximum Gasteiger partial charge on any atom is 0.192 e. The number of nitrogens with one attached hydrogen (secondary N) is 1. The number of phenolic OH excluding ortho intramolecular Hbond substituents is 2. The molecule has 0 aliphatic heterocycles. The Bertz CT molecular complexity index is 1500. The molecule has 9 heteroatoms. The van der Waals surface area contributed by atoms with E-state index in [1.807, 2.05) is 43.3 Å². The highest BCUT2D eigenvalue weighted by atomic mass is 79.9. The van der Waals surface area contributed by atoms with Gasteiger partial charge in [-0.25, -0.2) is 9.97 Å². The van der Waals surface area contributed by atoms with Crippen molar-refractivity contribution in [2.24, 2.45) is 4.99 Å². The molecule has 0 fully saturated rings. The van der Waals surface area contributed by atoms with Gasteiger partial charge in [0.15, 0.2) is 11.5 Å². The molecule has 7 nitrogen and oxygen atoms in total. The lowest BCUT2D eigenvalue weighted by Crippen LogP contribution is -1.85. The second-order valence-electron chi connectivity index (χ2n) is 6.92. The number of aromatic amines is 1. The van der Waals surface area contributed by atoms with Gasteiger partial charge in [0.2, 0.25) is 0 Å². The van der Waals surface area contributed by atoms with Crippen LogP contribution in [0.3, 0.4) is 0 Å². The van der Waals surface area contributed by atoms with Crippen molar-refractivity contribution in [2.45, 2.75) is 6.92 Å². The average Bonchev–Trinajstić information content (AvgIpc) is 3.35. The van der Waals surface area contributed by atoms with Gasteiger partial charge < -0.3 is 19.6 Å². The monoisotopic (exact) mass is 540 g/mol. The Morgan fingerprint density at radius 1 is 1.00 bits per heavy atom. The number of aliphatic imine (C=N–C) groups is 1. The Kier molecular flexibility index (Phi) is 4.79. The molecule has 0 unspecified atom stereocenters. The summed E-state index contributed by atoms with van der Waals surface area (Å²) in [6.45, 7) is 1.82. The highest BCUT2D eigenvalue weighted by Crippen LogP contribution is 2.40. The van der Waals surface area contributed by atoms with E-state index in [1.54, 1.807) is 6.07 Å². The van der Waals surface area contributed by atoms with Crippen LogP contribution in [0.4, 0.5) is 5.69 Å². The molecule has 0 atom stereocenters. The number of hydrogen-bond donors (Lipinski definition) is 3. The maximum absolute atomic E-state index is 10.2. The van der Waals surface area contributed by atoms with Gasteiger partial charge in [0, 0.05) is 24.3 Å². The molecule has 31 heavy (non-hydrogen) atoms. The number of nitrogens with zero attached hydrogens (tertiary/aromatic N) is 3. The minimum absolute atomic E-state index is 0.0706. The zero-order valence-corrected chi connectivity index (χ0v) is 19.2. The van der Waals surface area contributed by atoms with Crippen molar-refractivity contribution in [3.05, 3.63) is 62.9 Å². The first-order valence-corrected chi connectivity index (χ1v) is 10.8. The predicted octanol–water partition coefficient (Wildman–Crippen LogP) is 6.37. The third-order valence-electron chi connectivity index (χ3n) is 4.79. The minimum atomic E-state index is -0.0920. The van der Waals surface area contributed by atoms with Gasteiger partial charge in [0.1, 0.15) is 27.3 Å².